The van der Waals surface area contributed by atoms with E-state index in [1.54, 1.807) is 21.0 Å². The van der Waals surface area contributed by atoms with E-state index in [-0.39, 0.29) is 66.5 Å². The number of aliphatic hydroxyl groups is 2. The van der Waals surface area contributed by atoms with E-state index >= 15 is 0 Å². The Balaban J connectivity index is 1.66. The zero-order chi connectivity index (χ0) is 46.6. The number of cyclic esters (lactones) is 1. The van der Waals surface area contributed by atoms with E-state index < -0.39 is 53.7 Å². The molecule has 63 heavy (non-hydrogen) atoms. The van der Waals surface area contributed by atoms with Crippen molar-refractivity contribution in [3.63, 3.8) is 0 Å². The summed E-state index contributed by atoms with van der Waals surface area (Å²) in [4.78, 5) is 58.8. The minimum Gasteiger partial charge on any atom is -0.460 e. The van der Waals surface area contributed by atoms with Gasteiger partial charge in [-0.25, -0.2) is 4.79 Å². The number of methoxy groups -OCH3 is 2. The molecule has 12 heteroatoms. The molecule has 3 aliphatic heterocycles. The molecule has 0 radical (unpaired) electrons. The maximum Gasteiger partial charge on any atom is 0.329 e. The van der Waals surface area contributed by atoms with Gasteiger partial charge >= 0.3 is 5.97 Å². The fraction of sp³-hybridized carbons (Fsp3) is 0.745. The number of rotatable bonds is 5. The Morgan fingerprint density at radius 2 is 1.63 bits per heavy atom. The van der Waals surface area contributed by atoms with E-state index in [2.05, 4.69) is 32.1 Å². The number of ketones is 2. The lowest BCUT2D eigenvalue weighted by molar-refractivity contribution is -0.183. The zero-order valence-corrected chi connectivity index (χ0v) is 40.7. The van der Waals surface area contributed by atoms with Gasteiger partial charge in [-0.2, -0.15) is 0 Å². The molecule has 0 unspecified atom stereocenters. The summed E-state index contributed by atoms with van der Waals surface area (Å²) in [5, 5.41) is 21.9. The fourth-order valence-corrected chi connectivity index (χ4v) is 10.3. The number of hydrogen-bond donors (Lipinski definition) is 2. The standard InChI is InChI=1S/C51H79NO10S/c1-31-14-13-15-32(2)26-36(6)46(55)47(60-10)45(54)34(4)19-23-40(63)30-43(35(5)28-38-21-24-42(53)44(29-38)59-9)61-50(58)41-16-11-12-25-52(41)49(57)48(56)51(8)37(7)20-22-39(62-51)27-33(3)18-17-31/h13-15,17-19,32-33,35-39,41-45,47,53-54H,11-12,16,20-30H2,1-10H3/b15-13+,18-17+,31-14+,34-19+/t32-,33-,35-,36-,37-,38+,39+,41+,42-,43+,44-,45-,47-,51-/m1/s1. The molecule has 3 fully saturated rings. The Morgan fingerprint density at radius 1 is 0.921 bits per heavy atom. The van der Waals surface area contributed by atoms with E-state index in [0.717, 1.165) is 24.8 Å². The van der Waals surface area contributed by atoms with Crippen LogP contribution in [0.1, 0.15) is 139 Å². The maximum atomic E-state index is 14.4. The molecule has 0 aromatic heterocycles. The van der Waals surface area contributed by atoms with Gasteiger partial charge < -0.3 is 34.1 Å². The summed E-state index contributed by atoms with van der Waals surface area (Å²) in [7, 11) is 3.05. The number of carbonyl (C=O) groups is 4. The predicted octanol–water partition coefficient (Wildman–Crippen LogP) is 8.43. The second-order valence-electron chi connectivity index (χ2n) is 19.8. The number of hydrogen-bond acceptors (Lipinski definition) is 11. The molecule has 11 nitrogen and oxygen atoms in total. The van der Waals surface area contributed by atoms with Crippen LogP contribution < -0.4 is 0 Å². The molecule has 2 bridgehead atoms. The predicted molar refractivity (Wildman–Crippen MR) is 250 cm³/mol. The molecule has 1 aliphatic carbocycles. The number of allylic oxidation sites excluding steroid dienone is 7. The smallest absolute Gasteiger partial charge is 0.329 e. The molecule has 354 valence electrons. The number of esters is 1. The van der Waals surface area contributed by atoms with Crippen molar-refractivity contribution in [3.05, 3.63) is 47.6 Å². The van der Waals surface area contributed by atoms with Crippen LogP contribution in [-0.4, -0.2) is 112 Å². The van der Waals surface area contributed by atoms with Gasteiger partial charge in [0.15, 0.2) is 5.78 Å². The average Bonchev–Trinajstić information content (AvgIpc) is 3.25. The highest BCUT2D eigenvalue weighted by atomic mass is 32.1. The van der Waals surface area contributed by atoms with Crippen LogP contribution >= 0.6 is 12.2 Å². The van der Waals surface area contributed by atoms with Gasteiger partial charge in [0.2, 0.25) is 0 Å². The monoisotopic (exact) mass is 898 g/mol. The molecular weight excluding hydrogens is 819 g/mol. The van der Waals surface area contributed by atoms with Crippen LogP contribution in [0.15, 0.2) is 47.6 Å². The topological polar surface area (TPSA) is 149 Å². The third kappa shape index (κ3) is 14.6. The Morgan fingerprint density at radius 3 is 2.33 bits per heavy atom. The third-order valence-electron chi connectivity index (χ3n) is 14.4. The van der Waals surface area contributed by atoms with Gasteiger partial charge in [0.25, 0.3) is 11.7 Å². The molecule has 0 aromatic rings. The first kappa shape index (κ1) is 52.8. The molecule has 1 amide bonds. The van der Waals surface area contributed by atoms with Gasteiger partial charge in [-0.05, 0) is 133 Å². The number of Topliss-reactive ketones (excluding diaryl/α,β-unsaturated/α-hetero) is 2. The van der Waals surface area contributed by atoms with E-state index in [1.807, 2.05) is 45.9 Å². The van der Waals surface area contributed by atoms with Crippen LogP contribution in [0.2, 0.25) is 0 Å². The van der Waals surface area contributed by atoms with Crippen molar-refractivity contribution in [1.82, 2.24) is 4.90 Å². The molecule has 14 atom stereocenters. The van der Waals surface area contributed by atoms with Crippen LogP contribution in [0.5, 0.6) is 0 Å². The maximum absolute atomic E-state index is 14.4. The summed E-state index contributed by atoms with van der Waals surface area (Å²) < 4.78 is 24.2. The summed E-state index contributed by atoms with van der Waals surface area (Å²) in [6.45, 7) is 15.8. The molecule has 4 aliphatic rings. The van der Waals surface area contributed by atoms with Gasteiger partial charge in [0.05, 0.1) is 18.3 Å². The highest BCUT2D eigenvalue weighted by Crippen LogP contribution is 2.38. The zero-order valence-electron chi connectivity index (χ0n) is 39.9. The van der Waals surface area contributed by atoms with Crippen molar-refractivity contribution < 1.29 is 48.3 Å². The Labute approximate surface area is 383 Å². The molecule has 1 saturated carbocycles. The number of aliphatic hydroxyl groups excluding tert-OH is 2. The fourth-order valence-electron chi connectivity index (χ4n) is 10.0. The highest BCUT2D eigenvalue weighted by Gasteiger charge is 2.50. The van der Waals surface area contributed by atoms with Crippen LogP contribution in [0.25, 0.3) is 0 Å². The largest absolute Gasteiger partial charge is 0.460 e. The second kappa shape index (κ2) is 24.6. The number of thiocarbonyl (C=S) groups is 1. The van der Waals surface area contributed by atoms with E-state index in [4.69, 9.17) is 31.2 Å². The van der Waals surface area contributed by atoms with Crippen molar-refractivity contribution in [2.75, 3.05) is 20.8 Å². The van der Waals surface area contributed by atoms with E-state index in [1.165, 1.54) is 12.0 Å². The molecule has 0 spiro atoms. The first-order valence-electron chi connectivity index (χ1n) is 23.7. The number of carbonyl (C=O) groups excluding carboxylic acids is 4. The molecule has 2 N–H and O–H groups in total. The number of amides is 1. The summed E-state index contributed by atoms with van der Waals surface area (Å²) in [6.07, 6.45) is 16.2. The Hall–Kier alpha value is -2.87. The van der Waals surface area contributed by atoms with Crippen molar-refractivity contribution >= 4 is 40.5 Å². The number of ether oxygens (including phenoxy) is 4. The summed E-state index contributed by atoms with van der Waals surface area (Å²) in [6, 6.07) is -0.932. The normalized spacial score (nSPS) is 40.1. The summed E-state index contributed by atoms with van der Waals surface area (Å²) in [5.41, 5.74) is 0.275. The third-order valence-corrected chi connectivity index (χ3v) is 14.8. The lowest BCUT2D eigenvalue weighted by Gasteiger charge is -2.44. The van der Waals surface area contributed by atoms with Gasteiger partial charge in [-0.3, -0.25) is 14.4 Å². The molecule has 3 heterocycles. The van der Waals surface area contributed by atoms with Gasteiger partial charge in [-0.1, -0.05) is 88.9 Å². The van der Waals surface area contributed by atoms with Crippen LogP contribution in [0, 0.1) is 35.5 Å². The van der Waals surface area contributed by atoms with Crippen molar-refractivity contribution in [3.8, 4) is 0 Å². The molecule has 4 rings (SSSR count). The SMILES string of the molecule is CO[C@@H]1C[C@H](C[C@@H](C)[C@@H]2CC(=S)C/C=C(\C)[C@@H](O)[C@@H](OC)C(=O)[C@H](C)C[C@H](C)/C=C/C=C(C)/C=C/[C@@H](C)C[C@@H]3CC[C@@H](C)[C@@](C)(O3)C(=O)C(=O)N3CCCC[C@H]3C(=O)O2)CC[C@H]1O. The quantitative estimate of drug-likeness (QED) is 0.119. The van der Waals surface area contributed by atoms with E-state index in [0.29, 0.717) is 68.2 Å². The Bertz CT molecular complexity index is 1710. The van der Waals surface area contributed by atoms with Crippen molar-refractivity contribution in [1.29, 1.82) is 0 Å². The van der Waals surface area contributed by atoms with Crippen LogP contribution in [0.3, 0.4) is 0 Å². The lowest BCUT2D eigenvalue weighted by atomic mass is 9.78. The Kier molecular flexibility index (Phi) is 20.6. The van der Waals surface area contributed by atoms with E-state index in [9.17, 15) is 29.4 Å². The molecule has 0 aromatic carbocycles. The second-order valence-corrected chi connectivity index (χ2v) is 20.3. The lowest BCUT2D eigenvalue weighted by Crippen LogP contribution is -2.59. The number of nitrogens with zero attached hydrogens (tertiary/aromatic N) is 1. The van der Waals surface area contributed by atoms with Crippen molar-refractivity contribution in [2.45, 2.75) is 187 Å². The minimum atomic E-state index is -1.34. The first-order chi connectivity index (χ1) is 29.8. The first-order valence-corrected chi connectivity index (χ1v) is 24.1. The van der Waals surface area contributed by atoms with Crippen LogP contribution in [-0.2, 0) is 38.1 Å². The molecule has 2 saturated heterocycles. The molecular formula is C51H79NO10S. The number of fused-ring (bicyclic) bond motifs is 3. The van der Waals surface area contributed by atoms with Gasteiger partial charge in [0, 0.05) is 38.0 Å². The summed E-state index contributed by atoms with van der Waals surface area (Å²) in [5.74, 6) is -2.29. The van der Waals surface area contributed by atoms with Gasteiger partial charge in [-0.15, -0.1) is 0 Å². The number of piperidine rings is 1. The summed E-state index contributed by atoms with van der Waals surface area (Å²) >= 11 is 5.93. The van der Waals surface area contributed by atoms with Crippen molar-refractivity contribution in [2.24, 2.45) is 35.5 Å². The average molecular weight is 898 g/mol. The highest BCUT2D eigenvalue weighted by molar-refractivity contribution is 7.80. The van der Waals surface area contributed by atoms with Gasteiger partial charge in [0.1, 0.15) is 30.0 Å². The van der Waals surface area contributed by atoms with Crippen LogP contribution in [0.4, 0.5) is 0 Å². The minimum absolute atomic E-state index is 0.0988.